The quantitative estimate of drug-likeness (QED) is 0.896. The second-order valence-electron chi connectivity index (χ2n) is 4.52. The van der Waals surface area contributed by atoms with Crippen molar-refractivity contribution in [3.05, 3.63) is 65.7 Å². The highest BCUT2D eigenvalue weighted by atomic mass is 16.5. The van der Waals surface area contributed by atoms with Crippen molar-refractivity contribution in [2.75, 3.05) is 0 Å². The number of carbonyl (C=O) groups is 1. The molecule has 2 aromatic rings. The molecule has 0 aliphatic rings. The normalized spacial score (nSPS) is 11.7. The summed E-state index contributed by atoms with van der Waals surface area (Å²) in [7, 11) is 0. The Morgan fingerprint density at radius 3 is 2.45 bits per heavy atom. The van der Waals surface area contributed by atoms with Gasteiger partial charge in [-0.2, -0.15) is 0 Å². The van der Waals surface area contributed by atoms with Crippen LogP contribution in [0.15, 0.2) is 54.6 Å². The summed E-state index contributed by atoms with van der Waals surface area (Å²) in [5, 5.41) is 12.0. The predicted octanol–water partition coefficient (Wildman–Crippen LogP) is 3.38. The first-order chi connectivity index (χ1) is 9.65. The maximum Gasteiger partial charge on any atom is 0.407 e. The average Bonchev–Trinajstić information content (AvgIpc) is 2.47. The fraction of sp³-hybridized carbons (Fsp3) is 0.188. The number of hydrogen-bond acceptors (Lipinski definition) is 3. The van der Waals surface area contributed by atoms with Gasteiger partial charge in [-0.3, -0.25) is 0 Å². The van der Waals surface area contributed by atoms with Gasteiger partial charge in [0, 0.05) is 0 Å². The van der Waals surface area contributed by atoms with Gasteiger partial charge in [-0.15, -0.1) is 0 Å². The number of benzene rings is 2. The highest BCUT2D eigenvalue weighted by molar-refractivity contribution is 5.67. The lowest BCUT2D eigenvalue weighted by molar-refractivity contribution is 0.136. The standard InChI is InChI=1S/C16H17NO3/c1-12(14-7-9-15(18)10-8-14)17-16(19)20-11-13-5-3-2-4-6-13/h2-10,12,18H,11H2,1H3,(H,17,19)/t12-/m0/s1. The molecule has 0 aliphatic heterocycles. The predicted molar refractivity (Wildman–Crippen MR) is 76.3 cm³/mol. The Bertz CT molecular complexity index is 552. The second kappa shape index (κ2) is 6.61. The maximum absolute atomic E-state index is 11.7. The fourth-order valence-electron chi connectivity index (χ4n) is 1.79. The van der Waals surface area contributed by atoms with Crippen molar-refractivity contribution in [1.29, 1.82) is 0 Å². The molecule has 1 amide bonds. The molecule has 0 aliphatic carbocycles. The first-order valence-corrected chi connectivity index (χ1v) is 6.41. The van der Waals surface area contributed by atoms with E-state index >= 15 is 0 Å². The lowest BCUT2D eigenvalue weighted by Gasteiger charge is -2.14. The number of hydrogen-bond donors (Lipinski definition) is 2. The molecule has 4 nitrogen and oxygen atoms in total. The molecule has 0 saturated heterocycles. The summed E-state index contributed by atoms with van der Waals surface area (Å²) in [4.78, 5) is 11.7. The third kappa shape index (κ3) is 4.02. The van der Waals surface area contributed by atoms with Crippen LogP contribution in [-0.2, 0) is 11.3 Å². The zero-order chi connectivity index (χ0) is 14.4. The van der Waals surface area contributed by atoms with Gasteiger partial charge in [-0.05, 0) is 30.2 Å². The molecular formula is C16H17NO3. The molecule has 2 aromatic carbocycles. The molecule has 104 valence electrons. The van der Waals surface area contributed by atoms with Crippen LogP contribution in [0.25, 0.3) is 0 Å². The van der Waals surface area contributed by atoms with Crippen molar-refractivity contribution < 1.29 is 14.6 Å². The van der Waals surface area contributed by atoms with Gasteiger partial charge >= 0.3 is 6.09 Å². The van der Waals surface area contributed by atoms with Crippen LogP contribution >= 0.6 is 0 Å². The molecule has 0 spiro atoms. The van der Waals surface area contributed by atoms with Crippen LogP contribution in [0.3, 0.4) is 0 Å². The average molecular weight is 271 g/mol. The van der Waals surface area contributed by atoms with Crippen molar-refractivity contribution in [2.24, 2.45) is 0 Å². The number of ether oxygens (including phenoxy) is 1. The first kappa shape index (κ1) is 13.9. The van der Waals surface area contributed by atoms with E-state index < -0.39 is 6.09 Å². The number of nitrogens with one attached hydrogen (secondary N) is 1. The Morgan fingerprint density at radius 2 is 1.80 bits per heavy atom. The second-order valence-corrected chi connectivity index (χ2v) is 4.52. The third-order valence-electron chi connectivity index (χ3n) is 2.94. The molecule has 1 atom stereocenters. The van der Waals surface area contributed by atoms with Crippen LogP contribution < -0.4 is 5.32 Å². The zero-order valence-electron chi connectivity index (χ0n) is 11.2. The van der Waals surface area contributed by atoms with Crippen LogP contribution in [0.1, 0.15) is 24.1 Å². The van der Waals surface area contributed by atoms with Crippen LogP contribution in [-0.4, -0.2) is 11.2 Å². The van der Waals surface area contributed by atoms with Gasteiger partial charge in [0.1, 0.15) is 12.4 Å². The first-order valence-electron chi connectivity index (χ1n) is 6.41. The monoisotopic (exact) mass is 271 g/mol. The minimum Gasteiger partial charge on any atom is -0.508 e. The Labute approximate surface area is 118 Å². The largest absolute Gasteiger partial charge is 0.508 e. The molecule has 2 rings (SSSR count). The lowest BCUT2D eigenvalue weighted by atomic mass is 10.1. The van der Waals surface area contributed by atoms with Crippen molar-refractivity contribution in [2.45, 2.75) is 19.6 Å². The Kier molecular flexibility index (Phi) is 4.60. The number of aromatic hydroxyl groups is 1. The minimum atomic E-state index is -0.463. The van der Waals surface area contributed by atoms with Crippen molar-refractivity contribution in [3.63, 3.8) is 0 Å². The number of phenolic OH excluding ortho intramolecular Hbond substituents is 1. The van der Waals surface area contributed by atoms with Crippen molar-refractivity contribution in [1.82, 2.24) is 5.32 Å². The van der Waals surface area contributed by atoms with E-state index in [1.165, 1.54) is 0 Å². The van der Waals surface area contributed by atoms with E-state index in [0.29, 0.717) is 0 Å². The molecule has 20 heavy (non-hydrogen) atoms. The zero-order valence-corrected chi connectivity index (χ0v) is 11.2. The lowest BCUT2D eigenvalue weighted by Crippen LogP contribution is -2.27. The summed E-state index contributed by atoms with van der Waals surface area (Å²) in [6.07, 6.45) is -0.463. The van der Waals surface area contributed by atoms with E-state index in [1.807, 2.05) is 37.3 Å². The summed E-state index contributed by atoms with van der Waals surface area (Å²) >= 11 is 0. The highest BCUT2D eigenvalue weighted by Crippen LogP contribution is 2.16. The summed E-state index contributed by atoms with van der Waals surface area (Å²) in [5.41, 5.74) is 1.85. The van der Waals surface area contributed by atoms with Gasteiger partial charge in [-0.1, -0.05) is 42.5 Å². The number of carbonyl (C=O) groups excluding carboxylic acids is 1. The van der Waals surface area contributed by atoms with E-state index in [-0.39, 0.29) is 18.4 Å². The topological polar surface area (TPSA) is 58.6 Å². The molecule has 0 unspecified atom stereocenters. The summed E-state index contributed by atoms with van der Waals surface area (Å²) < 4.78 is 5.14. The van der Waals surface area contributed by atoms with Crippen molar-refractivity contribution in [3.8, 4) is 5.75 Å². The fourth-order valence-corrected chi connectivity index (χ4v) is 1.79. The van der Waals surface area contributed by atoms with Crippen LogP contribution in [0.4, 0.5) is 4.79 Å². The van der Waals surface area contributed by atoms with Gasteiger partial charge in [-0.25, -0.2) is 4.79 Å². The van der Waals surface area contributed by atoms with E-state index in [1.54, 1.807) is 24.3 Å². The van der Waals surface area contributed by atoms with Gasteiger partial charge in [0.2, 0.25) is 0 Å². The Morgan fingerprint density at radius 1 is 1.15 bits per heavy atom. The summed E-state index contributed by atoms with van der Waals surface area (Å²) in [6, 6.07) is 16.0. The molecule has 0 aromatic heterocycles. The van der Waals surface area contributed by atoms with E-state index in [9.17, 15) is 9.90 Å². The highest BCUT2D eigenvalue weighted by Gasteiger charge is 2.10. The van der Waals surface area contributed by atoms with E-state index in [2.05, 4.69) is 5.32 Å². The van der Waals surface area contributed by atoms with Crippen LogP contribution in [0.5, 0.6) is 5.75 Å². The minimum absolute atomic E-state index is 0.182. The summed E-state index contributed by atoms with van der Waals surface area (Å²) in [6.45, 7) is 2.10. The Balaban J connectivity index is 1.83. The molecular weight excluding hydrogens is 254 g/mol. The number of phenols is 1. The van der Waals surface area contributed by atoms with Crippen LogP contribution in [0.2, 0.25) is 0 Å². The van der Waals surface area contributed by atoms with Gasteiger partial charge < -0.3 is 15.2 Å². The van der Waals surface area contributed by atoms with E-state index in [4.69, 9.17) is 4.74 Å². The number of alkyl carbamates (subject to hydrolysis) is 1. The van der Waals surface area contributed by atoms with Gasteiger partial charge in [0.05, 0.1) is 6.04 Å². The number of amides is 1. The summed E-state index contributed by atoms with van der Waals surface area (Å²) in [5.74, 6) is 0.201. The molecule has 0 saturated carbocycles. The molecule has 4 heteroatoms. The van der Waals surface area contributed by atoms with Gasteiger partial charge in [0.15, 0.2) is 0 Å². The van der Waals surface area contributed by atoms with Crippen LogP contribution in [0, 0.1) is 0 Å². The molecule has 0 bridgehead atoms. The van der Waals surface area contributed by atoms with E-state index in [0.717, 1.165) is 11.1 Å². The molecule has 2 N–H and O–H groups in total. The molecule has 0 heterocycles. The van der Waals surface area contributed by atoms with Gasteiger partial charge in [0.25, 0.3) is 0 Å². The van der Waals surface area contributed by atoms with Crippen molar-refractivity contribution >= 4 is 6.09 Å². The number of rotatable bonds is 4. The Hall–Kier alpha value is -2.49. The molecule has 0 radical (unpaired) electrons. The SMILES string of the molecule is C[C@H](NC(=O)OCc1ccccc1)c1ccc(O)cc1. The molecule has 0 fully saturated rings. The maximum atomic E-state index is 11.7. The smallest absolute Gasteiger partial charge is 0.407 e. The third-order valence-corrected chi connectivity index (χ3v) is 2.94.